The summed E-state index contributed by atoms with van der Waals surface area (Å²) in [6.07, 6.45) is 0. The monoisotopic (exact) mass is 175 g/mol. The Morgan fingerprint density at radius 1 is 1.18 bits per heavy atom. The Hall–Kier alpha value is 0.310. The Labute approximate surface area is 75.3 Å². The largest absolute Gasteiger partial charge is 0.319 e. The predicted octanol–water partition coefficient (Wildman–Crippen LogP) is 2.23. The molecule has 0 spiro atoms. The zero-order chi connectivity index (χ0) is 8.69. The third-order valence-corrected chi connectivity index (χ3v) is 3.11. The van der Waals surface area contributed by atoms with Gasteiger partial charge in [-0.15, -0.1) is 0 Å². The summed E-state index contributed by atoms with van der Waals surface area (Å²) in [6.45, 7) is 7.99. The summed E-state index contributed by atoms with van der Waals surface area (Å²) >= 11 is 2.07. The minimum Gasteiger partial charge on any atom is -0.319 e. The lowest BCUT2D eigenvalue weighted by Crippen LogP contribution is -2.18. The molecular formula is C9H21NS. The standard InChI is InChI=1S/C9H21NS/c1-8(2)6-11-7-9(3)5-10-4/h8-10H,5-7H2,1-4H3. The molecule has 1 atom stereocenters. The zero-order valence-corrected chi connectivity index (χ0v) is 9.00. The van der Waals surface area contributed by atoms with Crippen molar-refractivity contribution in [3.63, 3.8) is 0 Å². The second-order valence-electron chi connectivity index (χ2n) is 3.59. The van der Waals surface area contributed by atoms with Gasteiger partial charge in [-0.25, -0.2) is 0 Å². The normalized spacial score (nSPS) is 13.9. The van der Waals surface area contributed by atoms with Gasteiger partial charge in [0.05, 0.1) is 0 Å². The first-order valence-electron chi connectivity index (χ1n) is 4.39. The molecule has 0 aromatic carbocycles. The Morgan fingerprint density at radius 3 is 2.27 bits per heavy atom. The summed E-state index contributed by atoms with van der Waals surface area (Å²) in [4.78, 5) is 0. The van der Waals surface area contributed by atoms with E-state index in [-0.39, 0.29) is 0 Å². The predicted molar refractivity (Wildman–Crippen MR) is 55.3 cm³/mol. The van der Waals surface area contributed by atoms with Crippen molar-refractivity contribution in [3.8, 4) is 0 Å². The lowest BCUT2D eigenvalue weighted by Gasteiger charge is -2.10. The van der Waals surface area contributed by atoms with E-state index in [0.717, 1.165) is 18.4 Å². The number of thioether (sulfide) groups is 1. The van der Waals surface area contributed by atoms with Gasteiger partial charge in [-0.05, 0) is 36.9 Å². The van der Waals surface area contributed by atoms with Crippen molar-refractivity contribution in [1.29, 1.82) is 0 Å². The van der Waals surface area contributed by atoms with E-state index in [1.165, 1.54) is 11.5 Å². The Kier molecular flexibility index (Phi) is 7.18. The lowest BCUT2D eigenvalue weighted by atomic mass is 10.2. The van der Waals surface area contributed by atoms with Crippen LogP contribution in [0.5, 0.6) is 0 Å². The van der Waals surface area contributed by atoms with E-state index >= 15 is 0 Å². The molecule has 1 N–H and O–H groups in total. The number of nitrogens with one attached hydrogen (secondary N) is 1. The van der Waals surface area contributed by atoms with E-state index in [4.69, 9.17) is 0 Å². The van der Waals surface area contributed by atoms with Crippen molar-refractivity contribution in [3.05, 3.63) is 0 Å². The molecule has 0 aliphatic heterocycles. The van der Waals surface area contributed by atoms with Gasteiger partial charge in [0.25, 0.3) is 0 Å². The van der Waals surface area contributed by atoms with Crippen molar-refractivity contribution in [2.24, 2.45) is 11.8 Å². The van der Waals surface area contributed by atoms with Gasteiger partial charge in [-0.3, -0.25) is 0 Å². The maximum atomic E-state index is 3.19. The van der Waals surface area contributed by atoms with Crippen LogP contribution in [0.3, 0.4) is 0 Å². The van der Waals surface area contributed by atoms with E-state index in [2.05, 4.69) is 37.8 Å². The smallest absolute Gasteiger partial charge is 0.00183 e. The molecule has 0 aliphatic carbocycles. The molecule has 0 fully saturated rings. The molecule has 0 saturated carbocycles. The number of rotatable bonds is 6. The van der Waals surface area contributed by atoms with E-state index in [1.807, 2.05) is 7.05 Å². The summed E-state index contributed by atoms with van der Waals surface area (Å²) in [5, 5.41) is 3.19. The van der Waals surface area contributed by atoms with Gasteiger partial charge in [0.1, 0.15) is 0 Å². The summed E-state index contributed by atoms with van der Waals surface area (Å²) in [5.41, 5.74) is 0. The third-order valence-electron chi connectivity index (χ3n) is 1.41. The molecule has 0 heterocycles. The highest BCUT2D eigenvalue weighted by Gasteiger charge is 2.00. The lowest BCUT2D eigenvalue weighted by molar-refractivity contribution is 0.602. The molecule has 0 bridgehead atoms. The maximum absolute atomic E-state index is 3.19. The van der Waals surface area contributed by atoms with Crippen LogP contribution in [0.15, 0.2) is 0 Å². The highest BCUT2D eigenvalue weighted by molar-refractivity contribution is 7.99. The number of hydrogen-bond donors (Lipinski definition) is 1. The topological polar surface area (TPSA) is 12.0 Å². The van der Waals surface area contributed by atoms with Crippen molar-refractivity contribution in [2.45, 2.75) is 20.8 Å². The molecule has 2 heteroatoms. The van der Waals surface area contributed by atoms with Crippen LogP contribution in [0.1, 0.15) is 20.8 Å². The van der Waals surface area contributed by atoms with Gasteiger partial charge in [-0.2, -0.15) is 11.8 Å². The van der Waals surface area contributed by atoms with Gasteiger partial charge in [0.15, 0.2) is 0 Å². The molecule has 0 rings (SSSR count). The molecule has 68 valence electrons. The van der Waals surface area contributed by atoms with Crippen LogP contribution in [0.2, 0.25) is 0 Å². The second kappa shape index (κ2) is 6.99. The Bertz CT molecular complexity index is 83.6. The molecule has 0 radical (unpaired) electrons. The molecule has 11 heavy (non-hydrogen) atoms. The van der Waals surface area contributed by atoms with Crippen LogP contribution in [0.25, 0.3) is 0 Å². The minimum atomic E-state index is 0.809. The van der Waals surface area contributed by atoms with Crippen LogP contribution >= 0.6 is 11.8 Å². The van der Waals surface area contributed by atoms with Crippen LogP contribution in [0.4, 0.5) is 0 Å². The van der Waals surface area contributed by atoms with Gasteiger partial charge < -0.3 is 5.32 Å². The maximum Gasteiger partial charge on any atom is -0.00183 e. The highest BCUT2D eigenvalue weighted by Crippen LogP contribution is 2.11. The quantitative estimate of drug-likeness (QED) is 0.664. The van der Waals surface area contributed by atoms with E-state index < -0.39 is 0 Å². The fourth-order valence-electron chi connectivity index (χ4n) is 0.912. The second-order valence-corrected chi connectivity index (χ2v) is 4.67. The van der Waals surface area contributed by atoms with Gasteiger partial charge in [0, 0.05) is 0 Å². The molecule has 1 unspecified atom stereocenters. The molecule has 0 aromatic heterocycles. The molecule has 0 saturated heterocycles. The molecule has 0 aliphatic rings. The minimum absolute atomic E-state index is 0.809. The highest BCUT2D eigenvalue weighted by atomic mass is 32.2. The van der Waals surface area contributed by atoms with Crippen LogP contribution in [-0.4, -0.2) is 25.1 Å². The van der Waals surface area contributed by atoms with Crippen molar-refractivity contribution < 1.29 is 0 Å². The summed E-state index contributed by atoms with van der Waals surface area (Å²) in [5.74, 6) is 4.23. The molecule has 0 aromatic rings. The summed E-state index contributed by atoms with van der Waals surface area (Å²) in [7, 11) is 2.02. The average Bonchev–Trinajstić information content (AvgIpc) is 1.87. The summed E-state index contributed by atoms with van der Waals surface area (Å²) < 4.78 is 0. The Balaban J connectivity index is 3.10. The molecular weight excluding hydrogens is 154 g/mol. The SMILES string of the molecule is CNCC(C)CSCC(C)C. The van der Waals surface area contributed by atoms with Crippen molar-refractivity contribution >= 4 is 11.8 Å². The van der Waals surface area contributed by atoms with E-state index in [9.17, 15) is 0 Å². The first kappa shape index (κ1) is 11.3. The van der Waals surface area contributed by atoms with Gasteiger partial charge in [0.2, 0.25) is 0 Å². The fourth-order valence-corrected chi connectivity index (χ4v) is 2.04. The third kappa shape index (κ3) is 8.21. The Morgan fingerprint density at radius 2 is 1.82 bits per heavy atom. The molecule has 0 amide bonds. The van der Waals surface area contributed by atoms with Crippen LogP contribution < -0.4 is 5.32 Å². The summed E-state index contributed by atoms with van der Waals surface area (Å²) in [6, 6.07) is 0. The van der Waals surface area contributed by atoms with Crippen LogP contribution in [-0.2, 0) is 0 Å². The first-order valence-corrected chi connectivity index (χ1v) is 5.54. The van der Waals surface area contributed by atoms with E-state index in [0.29, 0.717) is 0 Å². The average molecular weight is 175 g/mol. The first-order chi connectivity index (χ1) is 5.16. The van der Waals surface area contributed by atoms with Crippen molar-refractivity contribution in [1.82, 2.24) is 5.32 Å². The van der Waals surface area contributed by atoms with E-state index in [1.54, 1.807) is 0 Å². The van der Waals surface area contributed by atoms with Crippen molar-refractivity contribution in [2.75, 3.05) is 25.1 Å². The fraction of sp³-hybridized carbons (Fsp3) is 1.00. The molecule has 1 nitrogen and oxygen atoms in total. The van der Waals surface area contributed by atoms with Gasteiger partial charge in [-0.1, -0.05) is 20.8 Å². The zero-order valence-electron chi connectivity index (χ0n) is 8.18. The number of hydrogen-bond acceptors (Lipinski definition) is 2. The van der Waals surface area contributed by atoms with Gasteiger partial charge >= 0.3 is 0 Å². The van der Waals surface area contributed by atoms with Crippen LogP contribution in [0, 0.1) is 11.8 Å².